The first-order valence-corrected chi connectivity index (χ1v) is 26.2. The molecule has 2 aliphatic heterocycles. The summed E-state index contributed by atoms with van der Waals surface area (Å²) in [7, 11) is 0. The Morgan fingerprint density at radius 2 is 1.35 bits per heavy atom. The van der Waals surface area contributed by atoms with Crippen LogP contribution in [0.3, 0.4) is 0 Å². The highest BCUT2D eigenvalue weighted by molar-refractivity contribution is 6.32. The van der Waals surface area contributed by atoms with Crippen LogP contribution in [0.25, 0.3) is 22.5 Å². The van der Waals surface area contributed by atoms with Gasteiger partial charge >= 0.3 is 18.1 Å². The number of carbonyl (C=O) groups is 3. The predicted molar refractivity (Wildman–Crippen MR) is 283 cm³/mol. The van der Waals surface area contributed by atoms with Gasteiger partial charge < -0.3 is 42.7 Å². The van der Waals surface area contributed by atoms with Crippen molar-refractivity contribution in [1.82, 2.24) is 29.8 Å². The summed E-state index contributed by atoms with van der Waals surface area (Å²) in [5, 5.41) is 32.7. The zero-order valence-corrected chi connectivity index (χ0v) is 44.1. The van der Waals surface area contributed by atoms with Crippen molar-refractivity contribution in [3.05, 3.63) is 199 Å². The summed E-state index contributed by atoms with van der Waals surface area (Å²) in [6, 6.07) is 46.4. The van der Waals surface area contributed by atoms with E-state index in [1.54, 1.807) is 4.57 Å². The van der Waals surface area contributed by atoms with E-state index >= 15 is 0 Å². The summed E-state index contributed by atoms with van der Waals surface area (Å²) in [5.74, 6) is -0.491. The second-order valence-corrected chi connectivity index (χ2v) is 19.2. The fourth-order valence-electron chi connectivity index (χ4n) is 10.0. The van der Waals surface area contributed by atoms with Crippen LogP contribution in [0.4, 0.5) is 4.79 Å². The van der Waals surface area contributed by atoms with Crippen LogP contribution in [0, 0.1) is 20.2 Å². The highest BCUT2D eigenvalue weighted by atomic mass is 35.5. The van der Waals surface area contributed by atoms with Gasteiger partial charge in [0.25, 0.3) is 10.2 Å². The molecule has 2 unspecified atom stereocenters. The lowest BCUT2D eigenvalue weighted by Crippen LogP contribution is -2.39. The van der Waals surface area contributed by atoms with Gasteiger partial charge in [0.1, 0.15) is 36.3 Å². The molecule has 2 saturated heterocycles. The standard InChI is InChI=1S/C56H55ClN8O15/c1-3-4-26-47-58-52(57)49(54(67)76-36(2)77-55(68)79-46-35-74-50-45(34-73-51(46)50)78-48(66)27-16-23-42(80-65(71)72)33-75-64(69)70)62(47)32-37-28-30-38(31-29-37)43-24-14-15-25-44(43)53-59-60-61-63(53)56(39-17-8-5-9-18-39,40-19-10-6-11-20-40)41-21-12-7-13-22-41/h5-15,17-22,24-25,28-31,36,42,45-46,50-51H,3-4,16,23,26-27,32-35H2,1-2H3/t36?,42?,45-,46-,50-,51-/m1/s1. The molecule has 0 spiro atoms. The molecule has 0 amide bonds. The molecule has 4 heterocycles. The Balaban J connectivity index is 0.859. The third-order valence-corrected chi connectivity index (χ3v) is 13.9. The van der Waals surface area contributed by atoms with E-state index in [0.29, 0.717) is 18.1 Å². The number of nitrogens with zero attached hydrogens (tertiary/aromatic N) is 8. The smallest absolute Gasteiger partial charge is 0.457 e. The van der Waals surface area contributed by atoms with Gasteiger partial charge in [-0.15, -0.1) is 25.3 Å². The average molecular weight is 1120 g/mol. The number of benzene rings is 5. The second-order valence-electron chi connectivity index (χ2n) is 18.8. The molecule has 416 valence electrons. The minimum absolute atomic E-state index is 0.0238. The fourth-order valence-corrected chi connectivity index (χ4v) is 10.3. The van der Waals surface area contributed by atoms with Gasteiger partial charge in [-0.2, -0.15) is 0 Å². The molecule has 23 nitrogen and oxygen atoms in total. The molecular formula is C56H55ClN8O15. The molecule has 6 atom stereocenters. The largest absolute Gasteiger partial charge is 0.511 e. The number of ether oxygens (including phenoxy) is 6. The molecule has 7 aromatic rings. The molecule has 5 aromatic carbocycles. The maximum Gasteiger partial charge on any atom is 0.511 e. The summed E-state index contributed by atoms with van der Waals surface area (Å²) < 4.78 is 37.0. The van der Waals surface area contributed by atoms with Crippen LogP contribution in [0.1, 0.15) is 84.5 Å². The van der Waals surface area contributed by atoms with Crippen molar-refractivity contribution in [2.45, 2.75) is 101 Å². The van der Waals surface area contributed by atoms with E-state index in [0.717, 1.165) is 51.8 Å². The molecule has 0 bridgehead atoms. The molecule has 2 fully saturated rings. The van der Waals surface area contributed by atoms with Gasteiger partial charge in [0.15, 0.2) is 28.9 Å². The Kier molecular flexibility index (Phi) is 18.0. The lowest BCUT2D eigenvalue weighted by Gasteiger charge is -2.36. The number of hydrogen-bond donors (Lipinski definition) is 0. The number of fused-ring (bicyclic) bond motifs is 1. The maximum absolute atomic E-state index is 14.0. The third kappa shape index (κ3) is 12.7. The number of esters is 2. The van der Waals surface area contributed by atoms with Crippen LogP contribution < -0.4 is 0 Å². The topological polar surface area (TPSA) is 273 Å². The van der Waals surface area contributed by atoms with E-state index in [2.05, 4.69) is 56.3 Å². The minimum Gasteiger partial charge on any atom is -0.457 e. The number of hydrogen-bond acceptors (Lipinski definition) is 19. The van der Waals surface area contributed by atoms with Crippen molar-refractivity contribution in [2.75, 3.05) is 19.8 Å². The summed E-state index contributed by atoms with van der Waals surface area (Å²) in [4.78, 5) is 74.0. The number of aryl methyl sites for hydroxylation is 1. The average Bonchev–Trinajstić information content (AvgIpc) is 4.36. The predicted octanol–water partition coefficient (Wildman–Crippen LogP) is 8.78. The summed E-state index contributed by atoms with van der Waals surface area (Å²) in [6.07, 6.45) is -5.60. The Hall–Kier alpha value is -8.80. The van der Waals surface area contributed by atoms with Crippen molar-refractivity contribution >= 4 is 29.7 Å². The van der Waals surface area contributed by atoms with Crippen LogP contribution in [-0.2, 0) is 61.4 Å². The molecule has 0 radical (unpaired) electrons. The lowest BCUT2D eigenvalue weighted by atomic mass is 9.77. The van der Waals surface area contributed by atoms with Crippen LogP contribution in [-0.4, -0.2) is 115 Å². The van der Waals surface area contributed by atoms with E-state index in [1.807, 2.05) is 115 Å². The van der Waals surface area contributed by atoms with Gasteiger partial charge in [-0.05, 0) is 63.1 Å². The van der Waals surface area contributed by atoms with E-state index in [1.165, 1.54) is 6.92 Å². The molecule has 80 heavy (non-hydrogen) atoms. The van der Waals surface area contributed by atoms with Crippen molar-refractivity contribution < 1.29 is 62.7 Å². The first-order valence-electron chi connectivity index (χ1n) is 25.8. The third-order valence-electron chi connectivity index (χ3n) is 13.6. The van der Waals surface area contributed by atoms with Crippen LogP contribution in [0.2, 0.25) is 5.15 Å². The Bertz CT molecular complexity index is 3160. The molecule has 2 aliphatic rings. The van der Waals surface area contributed by atoms with Gasteiger partial charge in [0.2, 0.25) is 6.29 Å². The first kappa shape index (κ1) is 55.9. The molecule has 9 rings (SSSR count). The number of aromatic nitrogens is 6. The second kappa shape index (κ2) is 25.8. The van der Waals surface area contributed by atoms with Crippen LogP contribution >= 0.6 is 11.6 Å². The zero-order chi connectivity index (χ0) is 56.2. The monoisotopic (exact) mass is 1110 g/mol. The maximum atomic E-state index is 14.0. The van der Waals surface area contributed by atoms with Crippen LogP contribution in [0.5, 0.6) is 0 Å². The summed E-state index contributed by atoms with van der Waals surface area (Å²) >= 11 is 6.70. The lowest BCUT2D eigenvalue weighted by molar-refractivity contribution is -0.790. The molecule has 0 N–H and O–H groups in total. The Morgan fingerprint density at radius 3 is 1.94 bits per heavy atom. The van der Waals surface area contributed by atoms with Crippen molar-refractivity contribution in [1.29, 1.82) is 0 Å². The van der Waals surface area contributed by atoms with Gasteiger partial charge in [-0.1, -0.05) is 164 Å². The van der Waals surface area contributed by atoms with Gasteiger partial charge in [-0.25, -0.2) is 19.3 Å². The van der Waals surface area contributed by atoms with Gasteiger partial charge in [-0.3, -0.25) is 4.79 Å². The molecule has 0 aliphatic carbocycles. The van der Waals surface area contributed by atoms with Gasteiger partial charge in [0.05, 0.1) is 13.2 Å². The molecule has 2 aromatic heterocycles. The highest BCUT2D eigenvalue weighted by Crippen LogP contribution is 2.43. The number of unbranched alkanes of at least 4 members (excludes halogenated alkanes) is 1. The van der Waals surface area contributed by atoms with E-state index in [9.17, 15) is 34.6 Å². The quantitative estimate of drug-likeness (QED) is 0.0129. The van der Waals surface area contributed by atoms with Crippen molar-refractivity contribution in [3.63, 3.8) is 0 Å². The number of imidazole rings is 1. The van der Waals surface area contributed by atoms with Crippen molar-refractivity contribution in [3.8, 4) is 22.5 Å². The van der Waals surface area contributed by atoms with Gasteiger partial charge in [0, 0.05) is 31.9 Å². The molecular weight excluding hydrogens is 1060 g/mol. The van der Waals surface area contributed by atoms with Crippen molar-refractivity contribution in [2.24, 2.45) is 0 Å². The van der Waals surface area contributed by atoms with E-state index < -0.39 is 77.2 Å². The minimum atomic E-state index is -1.45. The zero-order valence-electron chi connectivity index (χ0n) is 43.4. The summed E-state index contributed by atoms with van der Waals surface area (Å²) in [5.41, 5.74) is 5.26. The normalized spacial score (nSPS) is 17.4. The number of carbonyl (C=O) groups excluding carboxylic acids is 3. The SMILES string of the molecule is CCCCc1nc(Cl)c(C(=O)OC(C)OC(=O)O[C@@H]2CO[C@H]3[C@@H]2OC[C@H]3OC(=O)CCCC(CO[N+](=O)[O-])O[N+](=O)[O-])n1Cc1ccc(-c2ccccc2-c2nnnn2C(c2ccccc2)(c2ccccc2)c2ccccc2)cc1. The van der Waals surface area contributed by atoms with E-state index in [-0.39, 0.29) is 49.9 Å². The molecule has 24 heteroatoms. The molecule has 0 saturated carbocycles. The fraction of sp³-hybridized carbons (Fsp3) is 0.339. The number of halogens is 1. The summed E-state index contributed by atoms with van der Waals surface area (Å²) in [6.45, 7) is 2.64. The number of tetrazole rings is 1. The first-order chi connectivity index (χ1) is 38.8. The highest BCUT2D eigenvalue weighted by Gasteiger charge is 2.51. The Morgan fingerprint density at radius 1 is 0.762 bits per heavy atom. The Labute approximate surface area is 462 Å². The van der Waals surface area contributed by atoms with Crippen LogP contribution in [0.15, 0.2) is 140 Å². The number of rotatable bonds is 25. The van der Waals surface area contributed by atoms with E-state index in [4.69, 9.17) is 50.3 Å².